The number of methoxy groups -OCH3 is 1. The molecule has 5 nitrogen and oxygen atoms in total. The number of carbonyl (C=O) groups excluding carboxylic acids is 2. The van der Waals surface area contributed by atoms with Gasteiger partial charge in [-0.05, 0) is 48.9 Å². The van der Waals surface area contributed by atoms with Crippen molar-refractivity contribution in [3.63, 3.8) is 0 Å². The van der Waals surface area contributed by atoms with Crippen LogP contribution in [0, 0.1) is 5.41 Å². The molecule has 6 heteroatoms. The van der Waals surface area contributed by atoms with Crippen LogP contribution in [-0.4, -0.2) is 36.9 Å². The smallest absolute Gasteiger partial charge is 0.227 e. The lowest BCUT2D eigenvalue weighted by Gasteiger charge is -2.39. The predicted octanol–water partition coefficient (Wildman–Crippen LogP) is 3.24. The number of likely N-dealkylation sites (tertiary alicyclic amines) is 1. The van der Waals surface area contributed by atoms with Gasteiger partial charge in [-0.25, -0.2) is 0 Å². The van der Waals surface area contributed by atoms with E-state index in [1.807, 2.05) is 53.6 Å². The second-order valence-corrected chi connectivity index (χ2v) is 8.30. The summed E-state index contributed by atoms with van der Waals surface area (Å²) in [6, 6.07) is 11.6. The molecule has 1 aliphatic rings. The Morgan fingerprint density at radius 2 is 2.04 bits per heavy atom. The van der Waals surface area contributed by atoms with Crippen LogP contribution in [0.4, 0.5) is 0 Å². The summed E-state index contributed by atoms with van der Waals surface area (Å²) < 4.78 is 5.15. The first-order valence-electron chi connectivity index (χ1n) is 9.21. The number of piperidine rings is 1. The summed E-state index contributed by atoms with van der Waals surface area (Å²) in [6.45, 7) is 3.64. The number of amides is 2. The number of hydrogen-bond acceptors (Lipinski definition) is 4. The van der Waals surface area contributed by atoms with Crippen LogP contribution < -0.4 is 10.1 Å². The third-order valence-electron chi connectivity index (χ3n) is 5.11. The quantitative estimate of drug-likeness (QED) is 0.829. The minimum atomic E-state index is -0.546. The molecule has 2 amide bonds. The van der Waals surface area contributed by atoms with Crippen molar-refractivity contribution in [2.24, 2.45) is 5.41 Å². The number of nitrogens with one attached hydrogen (secondary N) is 1. The van der Waals surface area contributed by atoms with Gasteiger partial charge in [0.25, 0.3) is 0 Å². The summed E-state index contributed by atoms with van der Waals surface area (Å²) >= 11 is 1.59. The maximum absolute atomic E-state index is 12.8. The van der Waals surface area contributed by atoms with Gasteiger partial charge in [0.15, 0.2) is 0 Å². The van der Waals surface area contributed by atoms with Crippen LogP contribution in [0.15, 0.2) is 41.8 Å². The maximum atomic E-state index is 12.8. The Kier molecular flexibility index (Phi) is 6.16. The number of rotatable bonds is 6. The largest absolute Gasteiger partial charge is 0.497 e. The fraction of sp³-hybridized carbons (Fsp3) is 0.429. The summed E-state index contributed by atoms with van der Waals surface area (Å²) in [7, 11) is 1.63. The van der Waals surface area contributed by atoms with Crippen LogP contribution in [0.2, 0.25) is 0 Å². The maximum Gasteiger partial charge on any atom is 0.227 e. The monoisotopic (exact) mass is 386 g/mol. The van der Waals surface area contributed by atoms with E-state index in [1.54, 1.807) is 18.4 Å². The van der Waals surface area contributed by atoms with Gasteiger partial charge in [-0.1, -0.05) is 18.2 Å². The van der Waals surface area contributed by atoms with Gasteiger partial charge in [-0.3, -0.25) is 9.59 Å². The molecule has 0 bridgehead atoms. The number of carbonyl (C=O) groups is 2. The average Bonchev–Trinajstić information content (AvgIpc) is 3.19. The summed E-state index contributed by atoms with van der Waals surface area (Å²) in [5, 5.41) is 5.02. The molecule has 1 atom stereocenters. The molecule has 0 spiro atoms. The lowest BCUT2D eigenvalue weighted by Crippen LogP contribution is -2.52. The minimum absolute atomic E-state index is 0.00643. The van der Waals surface area contributed by atoms with Crippen molar-refractivity contribution < 1.29 is 14.3 Å². The number of nitrogens with zero attached hydrogens (tertiary/aromatic N) is 1. The van der Waals surface area contributed by atoms with Crippen molar-refractivity contribution in [2.45, 2.75) is 32.7 Å². The predicted molar refractivity (Wildman–Crippen MR) is 107 cm³/mol. The minimum Gasteiger partial charge on any atom is -0.497 e. The molecule has 3 rings (SSSR count). The standard InChI is InChI=1S/C21H26N2O3S/c1-21(20(25)22-14-16-6-8-17(26-2)9-7-16)10-4-11-23(15-21)19(24)13-18-5-3-12-27-18/h3,5-9,12H,4,10-11,13-15H2,1-2H3,(H,22,25). The molecule has 1 aliphatic heterocycles. The summed E-state index contributed by atoms with van der Waals surface area (Å²) in [5.74, 6) is 0.905. The van der Waals surface area contributed by atoms with Gasteiger partial charge in [0.2, 0.25) is 11.8 Å². The van der Waals surface area contributed by atoms with Gasteiger partial charge in [0, 0.05) is 24.5 Å². The first kappa shape index (κ1) is 19.4. The van der Waals surface area contributed by atoms with Crippen LogP contribution >= 0.6 is 11.3 Å². The zero-order valence-corrected chi connectivity index (χ0v) is 16.7. The van der Waals surface area contributed by atoms with E-state index in [2.05, 4.69) is 5.32 Å². The van der Waals surface area contributed by atoms with Gasteiger partial charge >= 0.3 is 0 Å². The number of benzene rings is 1. The van der Waals surface area contributed by atoms with Gasteiger partial charge in [0.05, 0.1) is 18.9 Å². The van der Waals surface area contributed by atoms with Gasteiger partial charge in [0.1, 0.15) is 5.75 Å². The van der Waals surface area contributed by atoms with E-state index < -0.39 is 5.41 Å². The van der Waals surface area contributed by atoms with E-state index in [9.17, 15) is 9.59 Å². The molecule has 1 aromatic carbocycles. The van der Waals surface area contributed by atoms with Crippen LogP contribution in [-0.2, 0) is 22.6 Å². The lowest BCUT2D eigenvalue weighted by molar-refractivity contribution is -0.140. The highest BCUT2D eigenvalue weighted by Gasteiger charge is 2.39. The summed E-state index contributed by atoms with van der Waals surface area (Å²) in [6.07, 6.45) is 2.06. The van der Waals surface area contributed by atoms with Crippen LogP contribution in [0.1, 0.15) is 30.2 Å². The molecule has 0 radical (unpaired) electrons. The molecular weight excluding hydrogens is 360 g/mol. The highest BCUT2D eigenvalue weighted by atomic mass is 32.1. The molecule has 1 aromatic heterocycles. The fourth-order valence-corrected chi connectivity index (χ4v) is 4.15. The molecule has 2 heterocycles. The van der Waals surface area contributed by atoms with Crippen LogP contribution in [0.3, 0.4) is 0 Å². The number of thiophene rings is 1. The molecule has 0 aliphatic carbocycles. The Morgan fingerprint density at radius 1 is 1.26 bits per heavy atom. The fourth-order valence-electron chi connectivity index (χ4n) is 3.45. The average molecular weight is 387 g/mol. The Hall–Kier alpha value is -2.34. The molecule has 0 saturated carbocycles. The summed E-state index contributed by atoms with van der Waals surface area (Å²) in [4.78, 5) is 28.3. The molecule has 1 fully saturated rings. The van der Waals surface area contributed by atoms with Gasteiger partial charge in [-0.2, -0.15) is 0 Å². The van der Waals surface area contributed by atoms with E-state index in [0.717, 1.165) is 35.6 Å². The normalized spacial score (nSPS) is 19.6. The molecule has 27 heavy (non-hydrogen) atoms. The Bertz CT molecular complexity index is 773. The topological polar surface area (TPSA) is 58.6 Å². The number of hydrogen-bond donors (Lipinski definition) is 1. The second-order valence-electron chi connectivity index (χ2n) is 7.27. The zero-order chi connectivity index (χ0) is 19.3. The van der Waals surface area contributed by atoms with E-state index in [4.69, 9.17) is 4.74 Å². The van der Waals surface area contributed by atoms with Crippen molar-refractivity contribution in [3.05, 3.63) is 52.2 Å². The second kappa shape index (κ2) is 8.57. The first-order valence-corrected chi connectivity index (χ1v) is 10.1. The molecule has 1 unspecified atom stereocenters. The molecular formula is C21H26N2O3S. The third-order valence-corrected chi connectivity index (χ3v) is 5.99. The highest BCUT2D eigenvalue weighted by molar-refractivity contribution is 7.10. The van der Waals surface area contributed by atoms with E-state index in [1.165, 1.54) is 0 Å². The van der Waals surface area contributed by atoms with Gasteiger partial charge < -0.3 is 15.0 Å². The van der Waals surface area contributed by atoms with Crippen LogP contribution in [0.25, 0.3) is 0 Å². The third kappa shape index (κ3) is 4.89. The molecule has 1 saturated heterocycles. The molecule has 2 aromatic rings. The molecule has 1 N–H and O–H groups in total. The lowest BCUT2D eigenvalue weighted by atomic mass is 9.80. The SMILES string of the molecule is COc1ccc(CNC(=O)C2(C)CCCN(C(=O)Cc3cccs3)C2)cc1. The van der Waals surface area contributed by atoms with Crippen molar-refractivity contribution in [1.29, 1.82) is 0 Å². The Morgan fingerprint density at radius 3 is 2.70 bits per heavy atom. The van der Waals surface area contributed by atoms with E-state index in [0.29, 0.717) is 19.5 Å². The van der Waals surface area contributed by atoms with Crippen molar-refractivity contribution in [2.75, 3.05) is 20.2 Å². The highest BCUT2D eigenvalue weighted by Crippen LogP contribution is 2.30. The van der Waals surface area contributed by atoms with Crippen molar-refractivity contribution >= 4 is 23.2 Å². The number of ether oxygens (including phenoxy) is 1. The van der Waals surface area contributed by atoms with Crippen molar-refractivity contribution in [3.8, 4) is 5.75 Å². The van der Waals surface area contributed by atoms with E-state index in [-0.39, 0.29) is 11.8 Å². The van der Waals surface area contributed by atoms with Crippen molar-refractivity contribution in [1.82, 2.24) is 10.2 Å². The van der Waals surface area contributed by atoms with Gasteiger partial charge in [-0.15, -0.1) is 11.3 Å². The first-order chi connectivity index (χ1) is 13.0. The Balaban J connectivity index is 1.56. The Labute approximate surface area is 164 Å². The van der Waals surface area contributed by atoms with Crippen LogP contribution in [0.5, 0.6) is 5.75 Å². The van der Waals surface area contributed by atoms with E-state index >= 15 is 0 Å². The molecule has 144 valence electrons. The summed E-state index contributed by atoms with van der Waals surface area (Å²) in [5.41, 5.74) is 0.477. The zero-order valence-electron chi connectivity index (χ0n) is 15.9.